The maximum absolute atomic E-state index is 5.49. The molecule has 6 nitrogen and oxygen atoms in total. The third kappa shape index (κ3) is 4.46. The van der Waals surface area contributed by atoms with Crippen molar-refractivity contribution in [2.45, 2.75) is 6.54 Å². The van der Waals surface area contributed by atoms with Crippen molar-refractivity contribution in [2.24, 2.45) is 0 Å². The van der Waals surface area contributed by atoms with Crippen LogP contribution in [0.15, 0.2) is 71.5 Å². The summed E-state index contributed by atoms with van der Waals surface area (Å²) in [6, 6.07) is 19.8. The number of ether oxygens (including phenoxy) is 2. The van der Waals surface area contributed by atoms with Gasteiger partial charge in [0.05, 0.1) is 19.7 Å². The van der Waals surface area contributed by atoms with E-state index in [0.717, 1.165) is 49.6 Å². The van der Waals surface area contributed by atoms with Crippen molar-refractivity contribution in [3.8, 4) is 11.5 Å². The molecule has 1 heterocycles. The van der Waals surface area contributed by atoms with Crippen molar-refractivity contribution < 1.29 is 9.47 Å². The third-order valence-electron chi connectivity index (χ3n) is 4.70. The molecule has 7 heteroatoms. The Morgan fingerprint density at radius 1 is 0.900 bits per heavy atom. The minimum absolute atomic E-state index is 0.612. The fourth-order valence-corrected chi connectivity index (χ4v) is 3.56. The second-order valence-corrected chi connectivity index (χ2v) is 7.54. The zero-order chi connectivity index (χ0) is 20.9. The summed E-state index contributed by atoms with van der Waals surface area (Å²) >= 11 is 3.50. The number of anilines is 3. The van der Waals surface area contributed by atoms with Crippen LogP contribution in [0.25, 0.3) is 10.9 Å². The molecule has 0 amide bonds. The maximum atomic E-state index is 5.49. The van der Waals surface area contributed by atoms with E-state index < -0.39 is 0 Å². The number of halogens is 1. The van der Waals surface area contributed by atoms with Crippen LogP contribution in [-0.2, 0) is 6.54 Å². The molecule has 0 bridgehead atoms. The van der Waals surface area contributed by atoms with Crippen LogP contribution in [0.5, 0.6) is 11.5 Å². The molecule has 0 saturated heterocycles. The highest BCUT2D eigenvalue weighted by Gasteiger charge is 2.08. The minimum atomic E-state index is 0.612. The zero-order valence-corrected chi connectivity index (χ0v) is 18.2. The lowest BCUT2D eigenvalue weighted by molar-refractivity contribution is 0.391. The van der Waals surface area contributed by atoms with Crippen LogP contribution >= 0.6 is 15.9 Å². The summed E-state index contributed by atoms with van der Waals surface area (Å²) in [4.78, 5) is 8.82. The molecule has 0 unspecified atom stereocenters. The number of hydrogen-bond donors (Lipinski definition) is 2. The molecule has 4 rings (SSSR count). The summed E-state index contributed by atoms with van der Waals surface area (Å²) in [7, 11) is 3.30. The highest BCUT2D eigenvalue weighted by Crippen LogP contribution is 2.28. The number of nitrogens with zero attached hydrogens (tertiary/aromatic N) is 2. The Kier molecular flexibility index (Phi) is 5.99. The van der Waals surface area contributed by atoms with Crippen molar-refractivity contribution >= 4 is 44.0 Å². The molecule has 30 heavy (non-hydrogen) atoms. The zero-order valence-electron chi connectivity index (χ0n) is 16.6. The molecule has 0 radical (unpaired) electrons. The molecule has 0 saturated carbocycles. The lowest BCUT2D eigenvalue weighted by Gasteiger charge is -2.13. The van der Waals surface area contributed by atoms with Crippen LogP contribution in [0.4, 0.5) is 17.2 Å². The van der Waals surface area contributed by atoms with E-state index in [0.29, 0.717) is 6.54 Å². The quantitative estimate of drug-likeness (QED) is 0.362. The van der Waals surface area contributed by atoms with Gasteiger partial charge in [-0.25, -0.2) is 9.97 Å². The number of benzene rings is 3. The van der Waals surface area contributed by atoms with E-state index in [1.807, 2.05) is 60.7 Å². The van der Waals surface area contributed by atoms with Crippen LogP contribution < -0.4 is 20.1 Å². The Balaban J connectivity index is 1.58. The lowest BCUT2D eigenvalue weighted by Crippen LogP contribution is -2.03. The Bertz CT molecular complexity index is 1180. The molecule has 0 aliphatic rings. The molecule has 0 aliphatic carbocycles. The van der Waals surface area contributed by atoms with E-state index in [1.54, 1.807) is 20.5 Å². The van der Waals surface area contributed by atoms with Crippen LogP contribution in [0, 0.1) is 0 Å². The van der Waals surface area contributed by atoms with Gasteiger partial charge in [-0.15, -0.1) is 0 Å². The highest BCUT2D eigenvalue weighted by atomic mass is 79.9. The molecule has 0 aliphatic heterocycles. The molecule has 2 N–H and O–H groups in total. The van der Waals surface area contributed by atoms with Crippen molar-refractivity contribution in [3.05, 3.63) is 77.0 Å². The first kappa shape index (κ1) is 20.0. The molecule has 3 aromatic carbocycles. The van der Waals surface area contributed by atoms with Gasteiger partial charge in [0.2, 0.25) is 0 Å². The Hall–Kier alpha value is -3.32. The van der Waals surface area contributed by atoms with Crippen molar-refractivity contribution in [3.63, 3.8) is 0 Å². The van der Waals surface area contributed by atoms with E-state index in [1.165, 1.54) is 0 Å². The van der Waals surface area contributed by atoms with E-state index in [2.05, 4.69) is 36.5 Å². The first-order valence-electron chi connectivity index (χ1n) is 9.38. The third-order valence-corrected chi connectivity index (χ3v) is 5.19. The van der Waals surface area contributed by atoms with Crippen LogP contribution in [-0.4, -0.2) is 24.2 Å². The van der Waals surface area contributed by atoms with Gasteiger partial charge in [-0.3, -0.25) is 0 Å². The Morgan fingerprint density at radius 3 is 2.60 bits per heavy atom. The van der Waals surface area contributed by atoms with E-state index in [4.69, 9.17) is 9.47 Å². The first-order chi connectivity index (χ1) is 14.7. The van der Waals surface area contributed by atoms with Gasteiger partial charge in [-0.05, 0) is 48.5 Å². The summed E-state index contributed by atoms with van der Waals surface area (Å²) < 4.78 is 11.8. The van der Waals surface area contributed by atoms with Crippen LogP contribution in [0.2, 0.25) is 0 Å². The second-order valence-electron chi connectivity index (χ2n) is 6.62. The largest absolute Gasteiger partial charge is 0.497 e. The van der Waals surface area contributed by atoms with Gasteiger partial charge < -0.3 is 20.1 Å². The van der Waals surface area contributed by atoms with Gasteiger partial charge in [0.25, 0.3) is 0 Å². The summed E-state index contributed by atoms with van der Waals surface area (Å²) in [6.07, 6.45) is 1.57. The van der Waals surface area contributed by atoms with E-state index >= 15 is 0 Å². The first-order valence-corrected chi connectivity index (χ1v) is 10.2. The van der Waals surface area contributed by atoms with Crippen molar-refractivity contribution in [1.29, 1.82) is 0 Å². The van der Waals surface area contributed by atoms with Gasteiger partial charge in [-0.1, -0.05) is 22.0 Å². The number of rotatable bonds is 7. The predicted molar refractivity (Wildman–Crippen MR) is 124 cm³/mol. The van der Waals surface area contributed by atoms with Gasteiger partial charge in [0.1, 0.15) is 23.6 Å². The van der Waals surface area contributed by atoms with Gasteiger partial charge in [0.15, 0.2) is 0 Å². The molecule has 4 aromatic rings. The summed E-state index contributed by atoms with van der Waals surface area (Å²) in [5.74, 6) is 2.30. The monoisotopic (exact) mass is 464 g/mol. The SMILES string of the molecule is COc1ccc(CNc2ccc3ncnc(Nc4cccc(Br)c4)c3c2)c(OC)c1. The Morgan fingerprint density at radius 2 is 1.80 bits per heavy atom. The number of hydrogen-bond acceptors (Lipinski definition) is 6. The lowest BCUT2D eigenvalue weighted by atomic mass is 10.1. The highest BCUT2D eigenvalue weighted by molar-refractivity contribution is 9.10. The number of nitrogens with one attached hydrogen (secondary N) is 2. The maximum Gasteiger partial charge on any atom is 0.141 e. The minimum Gasteiger partial charge on any atom is -0.497 e. The van der Waals surface area contributed by atoms with Gasteiger partial charge in [-0.2, -0.15) is 0 Å². The average Bonchev–Trinajstić information content (AvgIpc) is 2.78. The molecule has 0 spiro atoms. The molecule has 0 fully saturated rings. The summed E-state index contributed by atoms with van der Waals surface area (Å²) in [5.41, 5.74) is 3.82. The summed E-state index contributed by atoms with van der Waals surface area (Å²) in [6.45, 7) is 0.612. The molecule has 1 aromatic heterocycles. The molecular formula is C23H21BrN4O2. The van der Waals surface area contributed by atoms with Crippen LogP contribution in [0.3, 0.4) is 0 Å². The number of methoxy groups -OCH3 is 2. The van der Waals surface area contributed by atoms with E-state index in [-0.39, 0.29) is 0 Å². The van der Waals surface area contributed by atoms with E-state index in [9.17, 15) is 0 Å². The smallest absolute Gasteiger partial charge is 0.141 e. The van der Waals surface area contributed by atoms with Gasteiger partial charge >= 0.3 is 0 Å². The predicted octanol–water partition coefficient (Wildman–Crippen LogP) is 5.77. The standard InChI is InChI=1S/C23H21BrN4O2/c1-29-19-8-6-15(22(12-19)30-2)13-25-17-7-9-21-20(11-17)23(27-14-26-21)28-18-5-3-4-16(24)10-18/h3-12,14,25H,13H2,1-2H3,(H,26,27,28). The molecular weight excluding hydrogens is 444 g/mol. The van der Waals surface area contributed by atoms with Crippen molar-refractivity contribution in [2.75, 3.05) is 24.9 Å². The Labute approximate surface area is 183 Å². The number of fused-ring (bicyclic) bond motifs is 1. The molecule has 0 atom stereocenters. The van der Waals surface area contributed by atoms with Gasteiger partial charge in [0, 0.05) is 39.4 Å². The normalized spacial score (nSPS) is 10.6. The fourth-order valence-electron chi connectivity index (χ4n) is 3.16. The fraction of sp³-hybridized carbons (Fsp3) is 0.130. The summed E-state index contributed by atoms with van der Waals surface area (Å²) in [5, 5.41) is 7.77. The molecule has 152 valence electrons. The number of aromatic nitrogens is 2. The van der Waals surface area contributed by atoms with Crippen LogP contribution in [0.1, 0.15) is 5.56 Å². The van der Waals surface area contributed by atoms with Crippen molar-refractivity contribution in [1.82, 2.24) is 9.97 Å². The average molecular weight is 465 g/mol. The topological polar surface area (TPSA) is 68.3 Å². The second kappa shape index (κ2) is 9.00.